The van der Waals surface area contributed by atoms with E-state index in [2.05, 4.69) is 10.3 Å². The van der Waals surface area contributed by atoms with Crippen LogP contribution in [0.15, 0.2) is 23.1 Å². The summed E-state index contributed by atoms with van der Waals surface area (Å²) < 4.78 is 46.1. The zero-order valence-electron chi connectivity index (χ0n) is 15.9. The van der Waals surface area contributed by atoms with Crippen LogP contribution in [0.4, 0.5) is 10.1 Å². The van der Waals surface area contributed by atoms with Gasteiger partial charge in [-0.1, -0.05) is 13.8 Å². The molecule has 0 spiro atoms. The predicted octanol–water partition coefficient (Wildman–Crippen LogP) is 2.99. The Morgan fingerprint density at radius 1 is 1.32 bits per heavy atom. The molecular weight excluding hydrogens is 405 g/mol. The second-order valence-corrected chi connectivity index (χ2v) is 9.67. The normalized spacial score (nSPS) is 15.8. The van der Waals surface area contributed by atoms with Gasteiger partial charge in [-0.25, -0.2) is 17.8 Å². The molecule has 28 heavy (non-hydrogen) atoms. The van der Waals surface area contributed by atoms with Gasteiger partial charge < -0.3 is 10.1 Å². The van der Waals surface area contributed by atoms with Gasteiger partial charge in [0.2, 0.25) is 10.0 Å². The van der Waals surface area contributed by atoms with Gasteiger partial charge in [-0.15, -0.1) is 11.3 Å². The third-order valence-electron chi connectivity index (χ3n) is 4.29. The molecule has 1 aromatic heterocycles. The van der Waals surface area contributed by atoms with Gasteiger partial charge in [0.15, 0.2) is 0 Å². The number of benzene rings is 1. The number of anilines is 1. The number of halogens is 1. The van der Waals surface area contributed by atoms with E-state index in [1.165, 1.54) is 21.7 Å². The van der Waals surface area contributed by atoms with Crippen molar-refractivity contribution in [2.45, 2.75) is 31.6 Å². The van der Waals surface area contributed by atoms with Crippen LogP contribution in [-0.4, -0.2) is 49.9 Å². The molecule has 0 radical (unpaired) electrons. The third-order valence-corrected chi connectivity index (χ3v) is 7.66. The molecule has 7 nitrogen and oxygen atoms in total. The second kappa shape index (κ2) is 8.24. The van der Waals surface area contributed by atoms with Crippen LogP contribution < -0.4 is 5.32 Å². The quantitative estimate of drug-likeness (QED) is 0.793. The Bertz CT molecular complexity index is 983. The van der Waals surface area contributed by atoms with Gasteiger partial charge in [-0.3, -0.25) is 4.79 Å². The monoisotopic (exact) mass is 427 g/mol. The first kappa shape index (κ1) is 20.8. The molecule has 1 aromatic carbocycles. The van der Waals surface area contributed by atoms with Gasteiger partial charge in [0.25, 0.3) is 5.91 Å². The van der Waals surface area contributed by atoms with Crippen LogP contribution in [0, 0.1) is 12.7 Å². The van der Waals surface area contributed by atoms with Gasteiger partial charge in [0.1, 0.15) is 15.6 Å². The second-order valence-electron chi connectivity index (χ2n) is 6.74. The number of aromatic nitrogens is 1. The Balaban J connectivity index is 1.86. The van der Waals surface area contributed by atoms with Crippen LogP contribution >= 0.6 is 11.3 Å². The van der Waals surface area contributed by atoms with E-state index in [0.29, 0.717) is 10.6 Å². The Labute approximate surface area is 167 Å². The number of aryl methyl sites for hydroxylation is 1. The maximum absolute atomic E-state index is 14.3. The molecule has 2 heterocycles. The minimum Gasteiger partial charge on any atom is -0.379 e. The highest BCUT2D eigenvalue weighted by atomic mass is 32.2. The lowest BCUT2D eigenvalue weighted by Gasteiger charge is -2.26. The molecular formula is C18H22FN3O4S2. The van der Waals surface area contributed by atoms with Gasteiger partial charge in [0.05, 0.1) is 23.9 Å². The van der Waals surface area contributed by atoms with Gasteiger partial charge in [-0.05, 0) is 25.1 Å². The number of sulfonamides is 1. The van der Waals surface area contributed by atoms with Crippen molar-refractivity contribution in [2.24, 2.45) is 0 Å². The number of thiazole rings is 1. The summed E-state index contributed by atoms with van der Waals surface area (Å²) in [5.74, 6) is -1.06. The molecule has 1 aliphatic heterocycles. The topological polar surface area (TPSA) is 88.6 Å². The van der Waals surface area contributed by atoms with Crippen LogP contribution in [0.5, 0.6) is 0 Å². The number of hydrogen-bond donors (Lipinski definition) is 1. The molecule has 3 rings (SSSR count). The van der Waals surface area contributed by atoms with E-state index in [1.54, 1.807) is 6.92 Å². The molecule has 0 bridgehead atoms. The highest BCUT2D eigenvalue weighted by Gasteiger charge is 2.29. The maximum Gasteiger partial charge on any atom is 0.267 e. The number of carbonyl (C=O) groups is 1. The standard InChI is InChI=1S/C18H22FN3O4S2/c1-11(2)18-20-12(3)16(27-18)17(23)21-13-4-5-14(19)15(10-13)28(24,25)22-6-8-26-9-7-22/h4-5,10-11H,6-9H2,1-3H3,(H,21,23). The van der Waals surface area contributed by atoms with Crippen LogP contribution in [0.3, 0.4) is 0 Å². The highest BCUT2D eigenvalue weighted by molar-refractivity contribution is 7.89. The van der Waals surface area contributed by atoms with E-state index in [4.69, 9.17) is 4.74 Å². The lowest BCUT2D eigenvalue weighted by molar-refractivity contribution is 0.0729. The highest BCUT2D eigenvalue weighted by Crippen LogP contribution is 2.27. The summed E-state index contributed by atoms with van der Waals surface area (Å²) in [4.78, 5) is 17.0. The Hall–Kier alpha value is -1.88. The summed E-state index contributed by atoms with van der Waals surface area (Å²) >= 11 is 1.29. The van der Waals surface area contributed by atoms with Crippen molar-refractivity contribution in [3.05, 3.63) is 39.6 Å². The number of amides is 1. The van der Waals surface area contributed by atoms with Crippen LogP contribution in [0.1, 0.15) is 40.1 Å². The summed E-state index contributed by atoms with van der Waals surface area (Å²) in [5, 5.41) is 3.50. The van der Waals surface area contributed by atoms with Crippen molar-refractivity contribution in [3.63, 3.8) is 0 Å². The van der Waals surface area contributed by atoms with Crippen molar-refractivity contribution in [1.29, 1.82) is 0 Å². The molecule has 0 aliphatic carbocycles. The first-order valence-corrected chi connectivity index (χ1v) is 11.1. The number of nitrogens with zero attached hydrogens (tertiary/aromatic N) is 2. The van der Waals surface area contributed by atoms with Crippen LogP contribution in [0.25, 0.3) is 0 Å². The van der Waals surface area contributed by atoms with Crippen molar-refractivity contribution in [2.75, 3.05) is 31.6 Å². The fourth-order valence-corrected chi connectivity index (χ4v) is 5.23. The Morgan fingerprint density at radius 2 is 2.00 bits per heavy atom. The average Bonchev–Trinajstić information content (AvgIpc) is 3.06. The molecule has 2 aromatic rings. The van der Waals surface area contributed by atoms with E-state index in [-0.39, 0.29) is 37.9 Å². The van der Waals surface area contributed by atoms with Gasteiger partial charge in [-0.2, -0.15) is 4.31 Å². The first-order chi connectivity index (χ1) is 13.2. The van der Waals surface area contributed by atoms with E-state index in [0.717, 1.165) is 17.1 Å². The fourth-order valence-electron chi connectivity index (χ4n) is 2.77. The van der Waals surface area contributed by atoms with Crippen molar-refractivity contribution in [3.8, 4) is 0 Å². The number of carbonyl (C=O) groups excluding carboxylic acids is 1. The SMILES string of the molecule is Cc1nc(C(C)C)sc1C(=O)Nc1ccc(F)c(S(=O)(=O)N2CCOCC2)c1. The third kappa shape index (κ3) is 4.24. The summed E-state index contributed by atoms with van der Waals surface area (Å²) in [5.41, 5.74) is 0.812. The Kier molecular flexibility index (Phi) is 6.13. The molecule has 10 heteroatoms. The number of morpholine rings is 1. The molecule has 1 amide bonds. The van der Waals surface area contributed by atoms with E-state index >= 15 is 0 Å². The molecule has 1 N–H and O–H groups in total. The van der Waals surface area contributed by atoms with E-state index in [9.17, 15) is 17.6 Å². The first-order valence-electron chi connectivity index (χ1n) is 8.86. The lowest BCUT2D eigenvalue weighted by atomic mass is 10.2. The van der Waals surface area contributed by atoms with Gasteiger partial charge >= 0.3 is 0 Å². The summed E-state index contributed by atoms with van der Waals surface area (Å²) in [6.45, 7) is 6.58. The molecule has 1 saturated heterocycles. The summed E-state index contributed by atoms with van der Waals surface area (Å²) in [7, 11) is -4.01. The molecule has 0 unspecified atom stereocenters. The number of ether oxygens (including phenoxy) is 1. The van der Waals surface area contributed by atoms with E-state index in [1.807, 2.05) is 13.8 Å². The average molecular weight is 428 g/mol. The molecule has 0 saturated carbocycles. The lowest BCUT2D eigenvalue weighted by Crippen LogP contribution is -2.40. The Morgan fingerprint density at radius 3 is 2.61 bits per heavy atom. The van der Waals surface area contributed by atoms with Crippen molar-refractivity contribution >= 4 is 33.0 Å². The smallest absolute Gasteiger partial charge is 0.267 e. The number of hydrogen-bond acceptors (Lipinski definition) is 6. The summed E-state index contributed by atoms with van der Waals surface area (Å²) in [6.07, 6.45) is 0. The van der Waals surface area contributed by atoms with Crippen LogP contribution in [0.2, 0.25) is 0 Å². The predicted molar refractivity (Wildman–Crippen MR) is 105 cm³/mol. The largest absolute Gasteiger partial charge is 0.379 e. The fraction of sp³-hybridized carbons (Fsp3) is 0.444. The minimum atomic E-state index is -4.01. The maximum atomic E-state index is 14.3. The molecule has 152 valence electrons. The van der Waals surface area contributed by atoms with Crippen molar-refractivity contribution in [1.82, 2.24) is 9.29 Å². The molecule has 1 aliphatic rings. The molecule has 0 atom stereocenters. The summed E-state index contributed by atoms with van der Waals surface area (Å²) in [6, 6.07) is 3.53. The van der Waals surface area contributed by atoms with E-state index < -0.39 is 26.6 Å². The van der Waals surface area contributed by atoms with Crippen LogP contribution in [-0.2, 0) is 14.8 Å². The zero-order chi connectivity index (χ0) is 20.5. The number of rotatable bonds is 5. The molecule has 1 fully saturated rings. The van der Waals surface area contributed by atoms with Gasteiger partial charge in [0, 0.05) is 24.7 Å². The minimum absolute atomic E-state index is 0.163. The number of nitrogens with one attached hydrogen (secondary N) is 1. The van der Waals surface area contributed by atoms with Crippen molar-refractivity contribution < 1.29 is 22.3 Å². The zero-order valence-corrected chi connectivity index (χ0v) is 17.5.